The van der Waals surface area contributed by atoms with Crippen LogP contribution in [0.3, 0.4) is 0 Å². The Labute approximate surface area is 132 Å². The Hall–Kier alpha value is -1.88. The van der Waals surface area contributed by atoms with Gasteiger partial charge in [0.15, 0.2) is 0 Å². The molecule has 1 atom stereocenters. The second-order valence-corrected chi connectivity index (χ2v) is 7.50. The maximum absolute atomic E-state index is 12.3. The van der Waals surface area contributed by atoms with Crippen molar-refractivity contribution in [2.75, 3.05) is 0 Å². The zero-order valence-corrected chi connectivity index (χ0v) is 14.1. The van der Waals surface area contributed by atoms with Gasteiger partial charge in [-0.1, -0.05) is 35.9 Å². The molecular formula is C17H22N2O2S. The first-order valence-corrected chi connectivity index (χ1v) is 8.75. The van der Waals surface area contributed by atoms with Crippen molar-refractivity contribution in [3.05, 3.63) is 53.6 Å². The number of sulfonamides is 1. The Morgan fingerprint density at radius 1 is 1.27 bits per heavy atom. The number of hydrogen-bond acceptors (Lipinski definition) is 3. The van der Waals surface area contributed by atoms with Crippen LogP contribution >= 0.6 is 0 Å². The fourth-order valence-electron chi connectivity index (χ4n) is 2.31. The zero-order valence-electron chi connectivity index (χ0n) is 13.3. The van der Waals surface area contributed by atoms with Gasteiger partial charge in [-0.15, -0.1) is 0 Å². The SMILES string of the molecule is C=C(C)[C@@H]1CC=C(C)/C(=N\NS(=O)(=O)c2ccc(C)cc2)C1. The summed E-state index contributed by atoms with van der Waals surface area (Å²) in [4.78, 5) is 2.56. The molecular weight excluding hydrogens is 296 g/mol. The van der Waals surface area contributed by atoms with Crippen molar-refractivity contribution >= 4 is 15.7 Å². The third-order valence-corrected chi connectivity index (χ3v) is 5.16. The maximum atomic E-state index is 12.3. The fourth-order valence-corrected chi connectivity index (χ4v) is 3.14. The lowest BCUT2D eigenvalue weighted by Gasteiger charge is -2.22. The molecule has 0 saturated heterocycles. The molecule has 0 heterocycles. The van der Waals surface area contributed by atoms with Gasteiger partial charge in [-0.3, -0.25) is 0 Å². The molecule has 0 aromatic heterocycles. The van der Waals surface area contributed by atoms with Gasteiger partial charge in [0.25, 0.3) is 10.0 Å². The summed E-state index contributed by atoms with van der Waals surface area (Å²) in [6.07, 6.45) is 3.74. The molecule has 118 valence electrons. The van der Waals surface area contributed by atoms with Gasteiger partial charge in [0.2, 0.25) is 0 Å². The van der Waals surface area contributed by atoms with E-state index in [1.807, 2.05) is 20.8 Å². The molecule has 0 bridgehead atoms. The Morgan fingerprint density at radius 2 is 1.91 bits per heavy atom. The molecule has 1 aliphatic rings. The highest BCUT2D eigenvalue weighted by molar-refractivity contribution is 7.89. The molecule has 1 N–H and O–H groups in total. The van der Waals surface area contributed by atoms with Crippen molar-refractivity contribution in [3.8, 4) is 0 Å². The van der Waals surface area contributed by atoms with Gasteiger partial charge < -0.3 is 0 Å². The van der Waals surface area contributed by atoms with Crippen molar-refractivity contribution < 1.29 is 8.42 Å². The lowest BCUT2D eigenvalue weighted by Crippen LogP contribution is -2.23. The summed E-state index contributed by atoms with van der Waals surface area (Å²) < 4.78 is 24.5. The van der Waals surface area contributed by atoms with Crippen LogP contribution in [0.25, 0.3) is 0 Å². The van der Waals surface area contributed by atoms with E-state index in [1.165, 1.54) is 0 Å². The van der Waals surface area contributed by atoms with E-state index in [0.29, 0.717) is 12.3 Å². The van der Waals surface area contributed by atoms with Crippen LogP contribution in [-0.4, -0.2) is 14.1 Å². The number of nitrogens with zero attached hydrogens (tertiary/aromatic N) is 1. The lowest BCUT2D eigenvalue weighted by molar-refractivity contribution is 0.583. The number of hydrazone groups is 1. The summed E-state index contributed by atoms with van der Waals surface area (Å²) in [5.41, 5.74) is 3.90. The van der Waals surface area contributed by atoms with Crippen LogP contribution in [-0.2, 0) is 10.0 Å². The minimum absolute atomic E-state index is 0.219. The van der Waals surface area contributed by atoms with Crippen molar-refractivity contribution in [1.29, 1.82) is 0 Å². The van der Waals surface area contributed by atoms with Crippen LogP contribution in [0.1, 0.15) is 32.3 Å². The highest BCUT2D eigenvalue weighted by Crippen LogP contribution is 2.26. The predicted octanol–water partition coefficient (Wildman–Crippen LogP) is 3.56. The largest absolute Gasteiger partial charge is 0.276 e. The number of benzene rings is 1. The molecule has 0 unspecified atom stereocenters. The van der Waals surface area contributed by atoms with Crippen LogP contribution in [0.4, 0.5) is 0 Å². The summed E-state index contributed by atoms with van der Waals surface area (Å²) in [5.74, 6) is 0.325. The number of nitrogens with one attached hydrogen (secondary N) is 1. The zero-order chi connectivity index (χ0) is 16.3. The molecule has 0 amide bonds. The van der Waals surface area contributed by atoms with Crippen LogP contribution in [0.15, 0.2) is 58.1 Å². The molecule has 0 spiro atoms. The van der Waals surface area contributed by atoms with Crippen LogP contribution in [0, 0.1) is 12.8 Å². The second kappa shape index (κ2) is 6.48. The average Bonchev–Trinajstić information content (AvgIpc) is 2.46. The Balaban J connectivity index is 2.19. The summed E-state index contributed by atoms with van der Waals surface area (Å²) in [7, 11) is -3.62. The summed E-state index contributed by atoms with van der Waals surface area (Å²) in [5, 5.41) is 4.14. The summed E-state index contributed by atoms with van der Waals surface area (Å²) >= 11 is 0. The second-order valence-electron chi connectivity index (χ2n) is 5.84. The first-order valence-electron chi connectivity index (χ1n) is 7.27. The molecule has 0 fully saturated rings. The number of aryl methyl sites for hydroxylation is 1. The van der Waals surface area contributed by atoms with E-state index < -0.39 is 10.0 Å². The minimum Gasteiger partial charge on any atom is -0.200 e. The predicted molar refractivity (Wildman–Crippen MR) is 90.2 cm³/mol. The highest BCUT2D eigenvalue weighted by atomic mass is 32.2. The third-order valence-electron chi connectivity index (χ3n) is 3.93. The van der Waals surface area contributed by atoms with Gasteiger partial charge in [-0.2, -0.15) is 18.4 Å². The first kappa shape index (κ1) is 16.5. The molecule has 0 aliphatic heterocycles. The minimum atomic E-state index is -3.62. The van der Waals surface area contributed by atoms with Gasteiger partial charge in [0.1, 0.15) is 0 Å². The molecule has 2 rings (SSSR count). The van der Waals surface area contributed by atoms with E-state index in [-0.39, 0.29) is 4.90 Å². The standard InChI is InChI=1S/C17H22N2O2S/c1-12(2)15-8-7-14(4)17(11-15)18-19-22(20,21)16-9-5-13(3)6-10-16/h5-7,9-10,15,19H,1,8,11H2,2-4H3/b18-17-/t15-/m1/s1. The van der Waals surface area contributed by atoms with E-state index in [9.17, 15) is 8.42 Å². The molecule has 1 aromatic rings. The normalized spacial score (nSPS) is 20.6. The quantitative estimate of drug-likeness (QED) is 0.681. The topological polar surface area (TPSA) is 58.5 Å². The highest BCUT2D eigenvalue weighted by Gasteiger charge is 2.20. The monoisotopic (exact) mass is 318 g/mol. The van der Waals surface area contributed by atoms with Crippen molar-refractivity contribution in [2.45, 2.75) is 38.5 Å². The lowest BCUT2D eigenvalue weighted by atomic mass is 9.85. The van der Waals surface area contributed by atoms with Gasteiger partial charge >= 0.3 is 0 Å². The third kappa shape index (κ3) is 3.85. The summed E-state index contributed by atoms with van der Waals surface area (Å²) in [6, 6.07) is 6.70. The van der Waals surface area contributed by atoms with E-state index >= 15 is 0 Å². The molecule has 0 saturated carbocycles. The van der Waals surface area contributed by atoms with Crippen molar-refractivity contribution in [2.24, 2.45) is 11.0 Å². The van der Waals surface area contributed by atoms with E-state index in [0.717, 1.165) is 28.8 Å². The molecule has 0 radical (unpaired) electrons. The van der Waals surface area contributed by atoms with Gasteiger partial charge in [-0.25, -0.2) is 0 Å². The number of allylic oxidation sites excluding steroid dienone is 3. The molecule has 1 aromatic carbocycles. The smallest absolute Gasteiger partial charge is 0.200 e. The number of rotatable bonds is 4. The van der Waals surface area contributed by atoms with Crippen LogP contribution in [0.5, 0.6) is 0 Å². The molecule has 4 nitrogen and oxygen atoms in total. The number of hydrogen-bond donors (Lipinski definition) is 1. The van der Waals surface area contributed by atoms with Gasteiger partial charge in [0, 0.05) is 0 Å². The van der Waals surface area contributed by atoms with E-state index in [2.05, 4.69) is 22.6 Å². The summed E-state index contributed by atoms with van der Waals surface area (Å²) in [6.45, 7) is 9.84. The van der Waals surface area contributed by atoms with Crippen LogP contribution < -0.4 is 4.83 Å². The van der Waals surface area contributed by atoms with E-state index in [1.54, 1.807) is 24.3 Å². The Kier molecular flexibility index (Phi) is 4.86. The fraction of sp³-hybridized carbons (Fsp3) is 0.353. The molecule has 22 heavy (non-hydrogen) atoms. The Bertz CT molecular complexity index is 728. The van der Waals surface area contributed by atoms with E-state index in [4.69, 9.17) is 0 Å². The first-order chi connectivity index (χ1) is 10.3. The van der Waals surface area contributed by atoms with Crippen molar-refractivity contribution in [1.82, 2.24) is 4.83 Å². The maximum Gasteiger partial charge on any atom is 0.276 e. The average molecular weight is 318 g/mol. The Morgan fingerprint density at radius 3 is 2.50 bits per heavy atom. The van der Waals surface area contributed by atoms with Crippen molar-refractivity contribution in [3.63, 3.8) is 0 Å². The van der Waals surface area contributed by atoms with Gasteiger partial charge in [0.05, 0.1) is 10.6 Å². The molecule has 1 aliphatic carbocycles. The molecule has 5 heteroatoms. The van der Waals surface area contributed by atoms with Crippen LogP contribution in [0.2, 0.25) is 0 Å². The van der Waals surface area contributed by atoms with Gasteiger partial charge in [-0.05, 0) is 57.2 Å².